The lowest BCUT2D eigenvalue weighted by molar-refractivity contribution is -0.796. The summed E-state index contributed by atoms with van der Waals surface area (Å²) in [7, 11) is -2.94. The first kappa shape index (κ1) is 70.0. The molecule has 3 fully saturated rings. The summed E-state index contributed by atoms with van der Waals surface area (Å²) in [5, 5.41) is 5.60. The van der Waals surface area contributed by atoms with Crippen LogP contribution >= 0.6 is 11.6 Å². The Kier molecular flexibility index (Phi) is 23.6. The van der Waals surface area contributed by atoms with E-state index in [1.54, 1.807) is 32.0 Å². The van der Waals surface area contributed by atoms with Gasteiger partial charge in [0.1, 0.15) is 16.7 Å². The van der Waals surface area contributed by atoms with Crippen LogP contribution in [0.3, 0.4) is 0 Å². The molecule has 0 spiro atoms. The molecule has 478 valence electrons. The lowest BCUT2D eigenvalue weighted by atomic mass is 9.75. The molecule has 14 nitrogen and oxygen atoms in total. The van der Waals surface area contributed by atoms with Gasteiger partial charge >= 0.3 is 31.1 Å². The summed E-state index contributed by atoms with van der Waals surface area (Å²) < 4.78 is 105. The number of benzene rings is 2. The molecule has 9 rings (SSSR count). The molecule has 6 aromatic rings. The molecule has 0 radical (unpaired) electrons. The minimum Gasteiger partial charge on any atom is -0.399 e. The topological polar surface area (TPSA) is 162 Å². The number of nitrogens with zero attached hydrogens (tertiary/aromatic N) is 6. The summed E-state index contributed by atoms with van der Waals surface area (Å²) in [6, 6.07) is 25.4. The second-order valence-corrected chi connectivity index (χ2v) is 38.9. The molecule has 1 aliphatic heterocycles. The summed E-state index contributed by atoms with van der Waals surface area (Å²) in [5.74, 6) is 0.913. The van der Waals surface area contributed by atoms with Crippen LogP contribution in [0.1, 0.15) is 140 Å². The standard InChI is InChI=1S/C29H37F3N4O2Si.C21H31BO3.C14H18ClF3N4OSi/c1-20(37)17-21-5-7-22(8-6-21)23-9-11-24(12-10-23)26-14-13-25(18-33-26)27-34-28(29(30,31)32)36(35-27)19-38-15-16-39(2,3)4;1-15(23)14-16-6-8-17(9-7-16)18-10-12-19(13-11-18)22-24-20(2,3)21(4,5)25-22;1-24(2,3)7-6-23-9-22-13(14(16,17)18)20-12(21-22)10-4-5-11(15)19-8-10/h9-14,18,21-22H,5-8,15-17,19H2,1-4H3;10-13,16-17H,6-9,14H2,1-5H3;4-5,8H,6-7,9H2,1-3H3/p+2. The highest BCUT2D eigenvalue weighted by Crippen LogP contribution is 2.40. The van der Waals surface area contributed by atoms with Crippen molar-refractivity contribution in [3.8, 4) is 34.0 Å². The monoisotopic (exact) mass is 1280 g/mol. The second-order valence-electron chi connectivity index (χ2n) is 27.3. The first-order chi connectivity index (χ1) is 41.1. The number of aromatic nitrogens is 8. The Morgan fingerprint density at radius 1 is 0.591 bits per heavy atom. The van der Waals surface area contributed by atoms with E-state index in [0.717, 1.165) is 70.3 Å². The van der Waals surface area contributed by atoms with E-state index in [9.17, 15) is 35.9 Å². The Hall–Kier alpha value is -5.43. The van der Waals surface area contributed by atoms with Gasteiger partial charge in [-0.1, -0.05) is 99.4 Å². The normalized spacial score (nSPS) is 19.6. The Bertz CT molecular complexity index is 3190. The third-order valence-electron chi connectivity index (χ3n) is 16.9. The van der Waals surface area contributed by atoms with Crippen LogP contribution in [0.5, 0.6) is 0 Å². The summed E-state index contributed by atoms with van der Waals surface area (Å²) in [6.07, 6.45) is 4.22. The fraction of sp³-hybridized carbons (Fsp3) is 0.562. The molecule has 3 aliphatic rings. The van der Waals surface area contributed by atoms with Gasteiger partial charge in [0, 0.05) is 60.2 Å². The van der Waals surface area contributed by atoms with E-state index >= 15 is 0 Å². The molecule has 4 aromatic heterocycles. The molecule has 1 saturated heterocycles. The minimum absolute atomic E-state index is 0.0558. The average Bonchev–Trinajstić information content (AvgIpc) is 1.87. The molecule has 2 N–H and O–H groups in total. The van der Waals surface area contributed by atoms with Crippen molar-refractivity contribution in [2.75, 3.05) is 13.2 Å². The zero-order chi connectivity index (χ0) is 64.4. The first-order valence-corrected chi connectivity index (χ1v) is 38.3. The smallest absolute Gasteiger partial charge is 0.399 e. The number of halogens is 7. The van der Waals surface area contributed by atoms with E-state index in [1.807, 2.05) is 12.1 Å². The number of ether oxygens (including phenoxy) is 2. The maximum absolute atomic E-state index is 13.6. The van der Waals surface area contributed by atoms with Crippen LogP contribution < -0.4 is 14.8 Å². The fourth-order valence-corrected chi connectivity index (χ4v) is 12.6. The predicted octanol–water partition coefficient (Wildman–Crippen LogP) is 15.0. The first-order valence-electron chi connectivity index (χ1n) is 30.6. The van der Waals surface area contributed by atoms with Gasteiger partial charge < -0.3 is 28.4 Å². The minimum atomic E-state index is -4.61. The number of H-pyrrole nitrogens is 2. The van der Waals surface area contributed by atoms with Crippen molar-refractivity contribution < 1.29 is 64.1 Å². The highest BCUT2D eigenvalue weighted by atomic mass is 35.5. The molecule has 2 aliphatic carbocycles. The van der Waals surface area contributed by atoms with E-state index in [1.165, 1.54) is 55.3 Å². The van der Waals surface area contributed by atoms with Crippen molar-refractivity contribution >= 4 is 51.9 Å². The Labute approximate surface area is 521 Å². The highest BCUT2D eigenvalue weighted by molar-refractivity contribution is 6.76. The van der Waals surface area contributed by atoms with Crippen molar-refractivity contribution in [1.29, 1.82) is 0 Å². The van der Waals surface area contributed by atoms with Gasteiger partial charge in [-0.25, -0.2) is 4.98 Å². The van der Waals surface area contributed by atoms with Gasteiger partial charge in [-0.2, -0.15) is 36.5 Å². The molecule has 0 bridgehead atoms. The molecule has 5 heterocycles. The van der Waals surface area contributed by atoms with Crippen LogP contribution in [0.4, 0.5) is 26.3 Å². The van der Waals surface area contributed by atoms with Crippen molar-refractivity contribution in [2.45, 2.75) is 206 Å². The molecule has 0 atom stereocenters. The molecule has 0 amide bonds. The molecule has 24 heteroatoms. The van der Waals surface area contributed by atoms with E-state index in [0.29, 0.717) is 60.2 Å². The van der Waals surface area contributed by atoms with E-state index in [-0.39, 0.29) is 54.4 Å². The predicted molar refractivity (Wildman–Crippen MR) is 335 cm³/mol. The molecular formula is C64H88BClF6N8O6Si2+2. The molecule has 0 unspecified atom stereocenters. The van der Waals surface area contributed by atoms with E-state index in [2.05, 4.69) is 134 Å². The summed E-state index contributed by atoms with van der Waals surface area (Å²) >= 11 is 5.69. The highest BCUT2D eigenvalue weighted by Gasteiger charge is 2.52. The largest absolute Gasteiger partial charge is 0.501 e. The maximum Gasteiger partial charge on any atom is 0.501 e. The van der Waals surface area contributed by atoms with Gasteiger partial charge in [-0.3, -0.25) is 4.98 Å². The van der Waals surface area contributed by atoms with Gasteiger partial charge in [0.05, 0.1) is 28.0 Å². The number of rotatable bonds is 20. The molecular weight excluding hydrogens is 1190 g/mol. The average molecular weight is 1280 g/mol. The molecule has 2 aromatic carbocycles. The van der Waals surface area contributed by atoms with Gasteiger partial charge in [0.2, 0.25) is 13.5 Å². The lowest BCUT2D eigenvalue weighted by Gasteiger charge is -2.32. The van der Waals surface area contributed by atoms with Crippen molar-refractivity contribution in [1.82, 2.24) is 30.1 Å². The molecule has 88 heavy (non-hydrogen) atoms. The van der Waals surface area contributed by atoms with Crippen molar-refractivity contribution in [3.05, 3.63) is 113 Å². The number of hydrogen-bond acceptors (Lipinski definition) is 10. The number of carbonyl (C=O) groups is 2. The number of nitrogens with one attached hydrogen (secondary N) is 2. The maximum atomic E-state index is 13.6. The summed E-state index contributed by atoms with van der Waals surface area (Å²) in [5.41, 5.74) is 5.74. The van der Waals surface area contributed by atoms with Crippen LogP contribution in [-0.4, -0.2) is 89.4 Å². The van der Waals surface area contributed by atoms with Crippen LogP contribution in [0.25, 0.3) is 34.0 Å². The number of pyridine rings is 2. The van der Waals surface area contributed by atoms with Crippen LogP contribution in [0, 0.1) is 11.8 Å². The summed E-state index contributed by atoms with van der Waals surface area (Å²) in [6.45, 7) is 25.1. The zero-order valence-corrected chi connectivity index (χ0v) is 55.8. The van der Waals surface area contributed by atoms with E-state index in [4.69, 9.17) is 30.4 Å². The Balaban J connectivity index is 0.000000197. The SMILES string of the molecule is CC(=O)CC1CCC(c2ccc(-c3ccc(-c4nc(C(F)(F)F)[n+](COCC[Si](C)(C)C)[nH]4)cn3)cc2)CC1.CC(=O)CC1CCC(c2ccc(B3OC(C)(C)C(C)(C)O3)cc2)CC1.C[Si](C)(C)CCOC[n+]1[nH]c(-c2ccc(Cl)nc2)nc1C(F)(F)F. The van der Waals surface area contributed by atoms with E-state index < -0.39 is 40.1 Å². The van der Waals surface area contributed by atoms with Gasteiger partial charge in [-0.05, 0) is 179 Å². The number of aromatic amines is 2. The van der Waals surface area contributed by atoms with Crippen LogP contribution in [0.2, 0.25) is 56.5 Å². The quantitative estimate of drug-likeness (QED) is 0.0247. The zero-order valence-electron chi connectivity index (χ0n) is 53.1. The van der Waals surface area contributed by atoms with Crippen molar-refractivity contribution in [3.63, 3.8) is 0 Å². The number of alkyl halides is 6. The Morgan fingerprint density at radius 3 is 1.33 bits per heavy atom. The van der Waals surface area contributed by atoms with Crippen molar-refractivity contribution in [2.24, 2.45) is 11.8 Å². The summed E-state index contributed by atoms with van der Waals surface area (Å²) in [4.78, 5) is 38.5. The number of Topliss-reactive ketones (excluding diaryl/α,β-unsaturated/α-hetero) is 2. The molecule has 2 saturated carbocycles. The van der Waals surface area contributed by atoms with Crippen LogP contribution in [0.15, 0.2) is 85.2 Å². The third kappa shape index (κ3) is 20.5. The third-order valence-corrected chi connectivity index (χ3v) is 20.5. The van der Waals surface area contributed by atoms with Gasteiger partial charge in [-0.15, -0.1) is 9.36 Å². The second kappa shape index (κ2) is 29.7. The fourth-order valence-electron chi connectivity index (χ4n) is 11.0. The van der Waals surface area contributed by atoms with Crippen LogP contribution in [-0.2, 0) is 54.2 Å². The van der Waals surface area contributed by atoms with Gasteiger partial charge in [0.25, 0.3) is 11.6 Å². The number of ketones is 2. The number of carbonyl (C=O) groups excluding carboxylic acids is 2. The van der Waals surface area contributed by atoms with Gasteiger partial charge in [0.15, 0.2) is 0 Å². The Morgan fingerprint density at radius 2 is 0.977 bits per heavy atom. The number of hydrogen-bond donors (Lipinski definition) is 2. The lowest BCUT2D eigenvalue weighted by Crippen LogP contribution is -2.44.